The molecule has 2 nitrogen and oxygen atoms in total. The first-order valence-corrected chi connectivity index (χ1v) is 7.03. The van der Waals surface area contributed by atoms with Crippen LogP contribution in [0.15, 0.2) is 48.5 Å². The SMILES string of the molecule is CCC(C)(C)c1ccc(Oc2ccc(CO)cc2)cc1. The van der Waals surface area contributed by atoms with Gasteiger partial charge in [-0.2, -0.15) is 0 Å². The Morgan fingerprint density at radius 1 is 0.900 bits per heavy atom. The van der Waals surface area contributed by atoms with Crippen molar-refractivity contribution in [2.24, 2.45) is 0 Å². The molecule has 0 aliphatic rings. The Kier molecular flexibility index (Phi) is 4.46. The zero-order chi connectivity index (χ0) is 14.6. The third kappa shape index (κ3) is 3.40. The number of hydrogen-bond donors (Lipinski definition) is 1. The Morgan fingerprint density at radius 3 is 1.85 bits per heavy atom. The highest BCUT2D eigenvalue weighted by atomic mass is 16.5. The molecule has 0 bridgehead atoms. The summed E-state index contributed by atoms with van der Waals surface area (Å²) in [5, 5.41) is 9.01. The van der Waals surface area contributed by atoms with Crippen molar-refractivity contribution in [2.75, 3.05) is 0 Å². The van der Waals surface area contributed by atoms with E-state index in [0.717, 1.165) is 23.5 Å². The third-order valence-electron chi connectivity index (χ3n) is 3.86. The highest BCUT2D eigenvalue weighted by Crippen LogP contribution is 2.29. The molecule has 0 aromatic heterocycles. The molecule has 106 valence electrons. The lowest BCUT2D eigenvalue weighted by atomic mass is 9.82. The van der Waals surface area contributed by atoms with Crippen LogP contribution in [0.2, 0.25) is 0 Å². The molecule has 2 aromatic rings. The van der Waals surface area contributed by atoms with Gasteiger partial charge in [0.1, 0.15) is 11.5 Å². The summed E-state index contributed by atoms with van der Waals surface area (Å²) < 4.78 is 5.80. The van der Waals surface area contributed by atoms with Gasteiger partial charge in [0.2, 0.25) is 0 Å². The van der Waals surface area contributed by atoms with Crippen LogP contribution in [-0.2, 0) is 12.0 Å². The monoisotopic (exact) mass is 270 g/mol. The zero-order valence-electron chi connectivity index (χ0n) is 12.4. The van der Waals surface area contributed by atoms with Gasteiger partial charge in [-0.1, -0.05) is 45.0 Å². The summed E-state index contributed by atoms with van der Waals surface area (Å²) >= 11 is 0. The fourth-order valence-corrected chi connectivity index (χ4v) is 1.98. The van der Waals surface area contributed by atoms with Crippen molar-refractivity contribution in [2.45, 2.75) is 39.2 Å². The lowest BCUT2D eigenvalue weighted by Crippen LogP contribution is -2.14. The maximum absolute atomic E-state index is 9.01. The maximum atomic E-state index is 9.01. The third-order valence-corrected chi connectivity index (χ3v) is 3.86. The molecular weight excluding hydrogens is 248 g/mol. The predicted molar refractivity (Wildman–Crippen MR) is 82.2 cm³/mol. The van der Waals surface area contributed by atoms with Gasteiger partial charge in [0.15, 0.2) is 0 Å². The van der Waals surface area contributed by atoms with Gasteiger partial charge in [-0.05, 0) is 47.2 Å². The minimum absolute atomic E-state index is 0.0566. The summed E-state index contributed by atoms with van der Waals surface area (Å²) in [6, 6.07) is 15.7. The van der Waals surface area contributed by atoms with Crippen LogP contribution in [0.5, 0.6) is 11.5 Å². The van der Waals surface area contributed by atoms with Crippen LogP contribution in [0.3, 0.4) is 0 Å². The summed E-state index contributed by atoms with van der Waals surface area (Å²) in [7, 11) is 0. The fraction of sp³-hybridized carbons (Fsp3) is 0.333. The molecule has 2 heteroatoms. The van der Waals surface area contributed by atoms with Crippen LogP contribution in [0.1, 0.15) is 38.3 Å². The smallest absolute Gasteiger partial charge is 0.127 e. The van der Waals surface area contributed by atoms with Crippen molar-refractivity contribution in [3.63, 3.8) is 0 Å². The Labute approximate surface area is 121 Å². The number of ether oxygens (including phenoxy) is 1. The molecule has 20 heavy (non-hydrogen) atoms. The number of aliphatic hydroxyl groups excluding tert-OH is 1. The molecule has 0 radical (unpaired) electrons. The molecule has 2 aromatic carbocycles. The summed E-state index contributed by atoms with van der Waals surface area (Å²) in [5.74, 6) is 1.61. The summed E-state index contributed by atoms with van der Waals surface area (Å²) in [6.07, 6.45) is 1.11. The van der Waals surface area contributed by atoms with Crippen LogP contribution in [0, 0.1) is 0 Å². The van der Waals surface area contributed by atoms with E-state index in [1.54, 1.807) is 0 Å². The van der Waals surface area contributed by atoms with Crippen molar-refractivity contribution in [1.29, 1.82) is 0 Å². The van der Waals surface area contributed by atoms with Crippen LogP contribution >= 0.6 is 0 Å². The van der Waals surface area contributed by atoms with Crippen LogP contribution in [0.25, 0.3) is 0 Å². The van der Waals surface area contributed by atoms with E-state index in [1.165, 1.54) is 5.56 Å². The average Bonchev–Trinajstić information content (AvgIpc) is 2.48. The Hall–Kier alpha value is -1.80. The van der Waals surface area contributed by atoms with E-state index in [2.05, 4.69) is 32.9 Å². The fourth-order valence-electron chi connectivity index (χ4n) is 1.98. The minimum Gasteiger partial charge on any atom is -0.457 e. The molecule has 0 heterocycles. The lowest BCUT2D eigenvalue weighted by Gasteiger charge is -2.23. The molecular formula is C18H22O2. The van der Waals surface area contributed by atoms with Crippen molar-refractivity contribution in [3.8, 4) is 11.5 Å². The quantitative estimate of drug-likeness (QED) is 0.856. The van der Waals surface area contributed by atoms with Gasteiger partial charge in [-0.15, -0.1) is 0 Å². The number of hydrogen-bond acceptors (Lipinski definition) is 2. The second kappa shape index (κ2) is 6.10. The molecule has 0 unspecified atom stereocenters. The van der Waals surface area contributed by atoms with E-state index in [0.29, 0.717) is 0 Å². The molecule has 2 rings (SSSR count). The summed E-state index contributed by atoms with van der Waals surface area (Å²) in [6.45, 7) is 6.75. The van der Waals surface area contributed by atoms with E-state index >= 15 is 0 Å². The molecule has 0 atom stereocenters. The topological polar surface area (TPSA) is 29.5 Å². The molecule has 0 amide bonds. The first-order chi connectivity index (χ1) is 9.55. The molecule has 0 saturated carbocycles. The van der Waals surface area contributed by atoms with E-state index in [1.807, 2.05) is 36.4 Å². The van der Waals surface area contributed by atoms with Crippen LogP contribution in [-0.4, -0.2) is 5.11 Å². The molecule has 0 aliphatic heterocycles. The Bertz CT molecular complexity index is 539. The van der Waals surface area contributed by atoms with Crippen molar-refractivity contribution in [3.05, 3.63) is 59.7 Å². The second-order valence-electron chi connectivity index (χ2n) is 5.67. The van der Waals surface area contributed by atoms with Gasteiger partial charge in [0.05, 0.1) is 6.61 Å². The number of rotatable bonds is 5. The van der Waals surface area contributed by atoms with Gasteiger partial charge in [-0.25, -0.2) is 0 Å². The van der Waals surface area contributed by atoms with Crippen LogP contribution in [0.4, 0.5) is 0 Å². The predicted octanol–water partition coefficient (Wildman–Crippen LogP) is 4.66. The number of benzene rings is 2. The average molecular weight is 270 g/mol. The highest BCUT2D eigenvalue weighted by Gasteiger charge is 2.17. The standard InChI is InChI=1S/C18H22O2/c1-4-18(2,3)15-7-11-17(12-8-15)20-16-9-5-14(13-19)6-10-16/h5-12,19H,4,13H2,1-3H3. The molecule has 0 saturated heterocycles. The normalized spacial score (nSPS) is 11.4. The van der Waals surface area contributed by atoms with E-state index < -0.39 is 0 Å². The number of aliphatic hydroxyl groups is 1. The van der Waals surface area contributed by atoms with E-state index in [4.69, 9.17) is 9.84 Å². The molecule has 0 fully saturated rings. The Morgan fingerprint density at radius 2 is 1.40 bits per heavy atom. The molecule has 0 aliphatic carbocycles. The van der Waals surface area contributed by atoms with Crippen molar-refractivity contribution < 1.29 is 9.84 Å². The zero-order valence-corrected chi connectivity index (χ0v) is 12.4. The second-order valence-corrected chi connectivity index (χ2v) is 5.67. The first-order valence-electron chi connectivity index (χ1n) is 7.03. The highest BCUT2D eigenvalue weighted by molar-refractivity contribution is 5.36. The lowest BCUT2D eigenvalue weighted by molar-refractivity contribution is 0.281. The van der Waals surface area contributed by atoms with Crippen molar-refractivity contribution >= 4 is 0 Å². The molecule has 1 N–H and O–H groups in total. The van der Waals surface area contributed by atoms with E-state index in [-0.39, 0.29) is 12.0 Å². The first kappa shape index (κ1) is 14.6. The van der Waals surface area contributed by atoms with Crippen molar-refractivity contribution in [1.82, 2.24) is 0 Å². The summed E-state index contributed by atoms with van der Waals surface area (Å²) in [4.78, 5) is 0. The van der Waals surface area contributed by atoms with Gasteiger partial charge < -0.3 is 9.84 Å². The maximum Gasteiger partial charge on any atom is 0.127 e. The van der Waals surface area contributed by atoms with Crippen LogP contribution < -0.4 is 4.74 Å². The summed E-state index contributed by atoms with van der Waals surface area (Å²) in [5.41, 5.74) is 2.40. The van der Waals surface area contributed by atoms with Gasteiger partial charge in [0.25, 0.3) is 0 Å². The van der Waals surface area contributed by atoms with Gasteiger partial charge >= 0.3 is 0 Å². The minimum atomic E-state index is 0.0566. The molecule has 0 spiro atoms. The van der Waals surface area contributed by atoms with Gasteiger partial charge in [0, 0.05) is 0 Å². The Balaban J connectivity index is 2.10. The van der Waals surface area contributed by atoms with E-state index in [9.17, 15) is 0 Å². The van der Waals surface area contributed by atoms with Gasteiger partial charge in [-0.3, -0.25) is 0 Å². The largest absolute Gasteiger partial charge is 0.457 e.